The number of alkyl halides is 3. The summed E-state index contributed by atoms with van der Waals surface area (Å²) in [6, 6.07) is 8.30. The Labute approximate surface area is 181 Å². The van der Waals surface area contributed by atoms with Gasteiger partial charge in [-0.15, -0.1) is 0 Å². The van der Waals surface area contributed by atoms with E-state index in [2.05, 4.69) is 4.72 Å². The third-order valence-electron chi connectivity index (χ3n) is 4.53. The van der Waals surface area contributed by atoms with Gasteiger partial charge in [-0.1, -0.05) is 11.6 Å². The minimum Gasteiger partial charge on any atom is -0.339 e. The minimum absolute atomic E-state index is 0.0150. The molecule has 7 nitrogen and oxygen atoms in total. The van der Waals surface area contributed by atoms with Crippen molar-refractivity contribution in [2.75, 3.05) is 23.1 Å². The van der Waals surface area contributed by atoms with E-state index in [0.29, 0.717) is 13.1 Å². The Balaban J connectivity index is 1.83. The average Bonchev–Trinajstić information content (AvgIpc) is 3.22. The number of anilines is 2. The number of likely N-dealkylation sites (tertiary alicyclic amines) is 1. The van der Waals surface area contributed by atoms with Gasteiger partial charge in [-0.05, 0) is 55.3 Å². The molecule has 1 heterocycles. The lowest BCUT2D eigenvalue weighted by atomic mass is 10.1. The molecule has 166 valence electrons. The zero-order chi connectivity index (χ0) is 22.8. The third-order valence-corrected chi connectivity index (χ3v) is 6.15. The number of halogens is 4. The molecule has 0 unspecified atom stereocenters. The van der Waals surface area contributed by atoms with Crippen molar-refractivity contribution in [3.8, 4) is 0 Å². The van der Waals surface area contributed by atoms with E-state index in [4.69, 9.17) is 11.6 Å². The summed E-state index contributed by atoms with van der Waals surface area (Å²) in [6.45, 7) is 1.14. The maximum absolute atomic E-state index is 12.8. The van der Waals surface area contributed by atoms with Gasteiger partial charge < -0.3 is 10.2 Å². The Kier molecular flexibility index (Phi) is 6.46. The second-order valence-corrected chi connectivity index (χ2v) is 8.89. The molecular weight excluding hydrogens is 459 g/mol. The molecule has 1 fully saturated rings. The van der Waals surface area contributed by atoms with E-state index in [0.717, 1.165) is 37.1 Å². The molecule has 0 saturated carbocycles. The van der Waals surface area contributed by atoms with Gasteiger partial charge in [0.1, 0.15) is 0 Å². The Morgan fingerprint density at radius 1 is 1.00 bits per heavy atom. The van der Waals surface area contributed by atoms with Crippen LogP contribution in [0.5, 0.6) is 0 Å². The van der Waals surface area contributed by atoms with Crippen LogP contribution < -0.4 is 10.0 Å². The zero-order valence-corrected chi connectivity index (χ0v) is 17.4. The second kappa shape index (κ2) is 8.75. The number of amides is 2. The molecule has 2 aromatic carbocycles. The standard InChI is InChI=1S/C19H17ClF3N3O4S/c20-12-3-8-15(17(27)26-9-1-2-10-26)16(11-12)25-31(29,30)14-6-4-13(5-7-14)24-18(28)19(21,22)23/h3-8,11,25H,1-2,9-10H2,(H,24,28). The molecule has 31 heavy (non-hydrogen) atoms. The van der Waals surface area contributed by atoms with Gasteiger partial charge in [-0.25, -0.2) is 8.42 Å². The van der Waals surface area contributed by atoms with E-state index in [1.165, 1.54) is 18.2 Å². The van der Waals surface area contributed by atoms with E-state index >= 15 is 0 Å². The van der Waals surface area contributed by atoms with Crippen molar-refractivity contribution in [3.05, 3.63) is 53.1 Å². The van der Waals surface area contributed by atoms with Gasteiger partial charge >= 0.3 is 12.1 Å². The Bertz CT molecular complexity index is 1100. The molecule has 2 aromatic rings. The smallest absolute Gasteiger partial charge is 0.339 e. The van der Waals surface area contributed by atoms with Crippen LogP contribution in [0.1, 0.15) is 23.2 Å². The first-order valence-electron chi connectivity index (χ1n) is 9.07. The molecule has 3 rings (SSSR count). The summed E-state index contributed by atoms with van der Waals surface area (Å²) in [7, 11) is -4.20. The summed E-state index contributed by atoms with van der Waals surface area (Å²) in [6.07, 6.45) is -3.35. The molecule has 1 aliphatic heterocycles. The van der Waals surface area contributed by atoms with E-state index in [1.807, 2.05) is 0 Å². The van der Waals surface area contributed by atoms with Gasteiger partial charge in [0.05, 0.1) is 16.1 Å². The highest BCUT2D eigenvalue weighted by molar-refractivity contribution is 7.92. The average molecular weight is 476 g/mol. The molecule has 12 heteroatoms. The first-order valence-corrected chi connectivity index (χ1v) is 10.9. The number of hydrogen-bond donors (Lipinski definition) is 2. The van der Waals surface area contributed by atoms with Crippen molar-refractivity contribution < 1.29 is 31.2 Å². The van der Waals surface area contributed by atoms with Gasteiger partial charge in [0.2, 0.25) is 0 Å². The van der Waals surface area contributed by atoms with Crippen LogP contribution in [0.15, 0.2) is 47.4 Å². The third kappa shape index (κ3) is 5.47. The number of carbonyl (C=O) groups is 2. The van der Waals surface area contributed by atoms with Crippen LogP contribution in [-0.4, -0.2) is 44.4 Å². The number of sulfonamides is 1. The molecule has 1 saturated heterocycles. The fraction of sp³-hybridized carbons (Fsp3) is 0.263. The number of benzene rings is 2. The topological polar surface area (TPSA) is 95.6 Å². The summed E-state index contributed by atoms with van der Waals surface area (Å²) in [5.74, 6) is -2.51. The fourth-order valence-electron chi connectivity index (χ4n) is 3.00. The van der Waals surface area contributed by atoms with Crippen LogP contribution in [0.4, 0.5) is 24.5 Å². The summed E-state index contributed by atoms with van der Waals surface area (Å²) in [4.78, 5) is 25.1. The van der Waals surface area contributed by atoms with E-state index in [1.54, 1.807) is 10.2 Å². The highest BCUT2D eigenvalue weighted by Gasteiger charge is 2.38. The largest absolute Gasteiger partial charge is 0.471 e. The Morgan fingerprint density at radius 2 is 1.61 bits per heavy atom. The van der Waals surface area contributed by atoms with E-state index in [-0.39, 0.29) is 32.8 Å². The molecular formula is C19H17ClF3N3O4S. The summed E-state index contributed by atoms with van der Waals surface area (Å²) < 4.78 is 64.8. The normalized spacial score (nSPS) is 14.4. The minimum atomic E-state index is -5.07. The van der Waals surface area contributed by atoms with Crippen molar-refractivity contribution in [2.24, 2.45) is 0 Å². The van der Waals surface area contributed by atoms with Crippen molar-refractivity contribution in [1.29, 1.82) is 0 Å². The number of nitrogens with zero attached hydrogens (tertiary/aromatic N) is 1. The second-order valence-electron chi connectivity index (χ2n) is 6.77. The highest BCUT2D eigenvalue weighted by Crippen LogP contribution is 2.27. The SMILES string of the molecule is O=C(c1ccc(Cl)cc1NS(=O)(=O)c1ccc(NC(=O)C(F)(F)F)cc1)N1CCCC1. The molecule has 0 aromatic heterocycles. The molecule has 2 N–H and O–H groups in total. The predicted octanol–water partition coefficient (Wildman–Crippen LogP) is 3.88. The molecule has 0 bridgehead atoms. The van der Waals surface area contributed by atoms with Crippen LogP contribution in [0, 0.1) is 0 Å². The van der Waals surface area contributed by atoms with Crippen molar-refractivity contribution >= 4 is 44.8 Å². The molecule has 1 aliphatic rings. The van der Waals surface area contributed by atoms with Crippen LogP contribution in [0.2, 0.25) is 5.02 Å². The maximum Gasteiger partial charge on any atom is 0.471 e. The van der Waals surface area contributed by atoms with Crippen LogP contribution >= 0.6 is 11.6 Å². The van der Waals surface area contributed by atoms with Gasteiger partial charge in [0.15, 0.2) is 0 Å². The number of nitrogens with one attached hydrogen (secondary N) is 2. The summed E-state index contributed by atoms with van der Waals surface area (Å²) in [5, 5.41) is 1.84. The predicted molar refractivity (Wildman–Crippen MR) is 109 cm³/mol. The van der Waals surface area contributed by atoms with Gasteiger partial charge in [-0.2, -0.15) is 13.2 Å². The van der Waals surface area contributed by atoms with Crippen molar-refractivity contribution in [3.63, 3.8) is 0 Å². The van der Waals surface area contributed by atoms with Gasteiger partial charge in [0, 0.05) is 23.8 Å². The van der Waals surface area contributed by atoms with Gasteiger partial charge in [-0.3, -0.25) is 14.3 Å². The lowest BCUT2D eigenvalue weighted by Gasteiger charge is -2.18. The molecule has 0 radical (unpaired) electrons. The van der Waals surface area contributed by atoms with E-state index < -0.39 is 22.1 Å². The van der Waals surface area contributed by atoms with Crippen molar-refractivity contribution in [1.82, 2.24) is 4.90 Å². The van der Waals surface area contributed by atoms with Gasteiger partial charge in [0.25, 0.3) is 15.9 Å². The Hall–Kier alpha value is -2.79. The first-order chi connectivity index (χ1) is 14.5. The molecule has 0 atom stereocenters. The molecule has 2 amide bonds. The first kappa shape index (κ1) is 22.9. The highest BCUT2D eigenvalue weighted by atomic mass is 35.5. The van der Waals surface area contributed by atoms with Crippen LogP contribution in [0.3, 0.4) is 0 Å². The fourth-order valence-corrected chi connectivity index (χ4v) is 4.24. The monoisotopic (exact) mass is 475 g/mol. The van der Waals surface area contributed by atoms with Crippen LogP contribution in [-0.2, 0) is 14.8 Å². The lowest BCUT2D eigenvalue weighted by molar-refractivity contribution is -0.167. The quantitative estimate of drug-likeness (QED) is 0.686. The Morgan fingerprint density at radius 3 is 2.19 bits per heavy atom. The molecule has 0 spiro atoms. The summed E-state index contributed by atoms with van der Waals surface area (Å²) in [5.41, 5.74) is -0.114. The number of carbonyl (C=O) groups excluding carboxylic acids is 2. The summed E-state index contributed by atoms with van der Waals surface area (Å²) >= 11 is 5.97. The number of rotatable bonds is 5. The molecule has 0 aliphatic carbocycles. The maximum atomic E-state index is 12.8. The zero-order valence-electron chi connectivity index (χ0n) is 15.9. The number of hydrogen-bond acceptors (Lipinski definition) is 4. The lowest BCUT2D eigenvalue weighted by Crippen LogP contribution is -2.30. The van der Waals surface area contributed by atoms with Crippen LogP contribution in [0.25, 0.3) is 0 Å². The van der Waals surface area contributed by atoms with Crippen molar-refractivity contribution in [2.45, 2.75) is 23.9 Å². The van der Waals surface area contributed by atoms with E-state index in [9.17, 15) is 31.2 Å².